The number of fused-ring (bicyclic) bond motifs is 1. The second kappa shape index (κ2) is 15.8. The number of nitrogens with two attached hydrogens (primary N) is 1. The molecule has 1 aliphatic heterocycles. The molecule has 0 saturated heterocycles. The van der Waals surface area contributed by atoms with E-state index in [1.807, 2.05) is 23.1 Å². The Morgan fingerprint density at radius 1 is 0.884 bits per heavy atom. The lowest BCUT2D eigenvalue weighted by Crippen LogP contribution is -2.52. The fourth-order valence-electron chi connectivity index (χ4n) is 7.79. The minimum atomic E-state index is 0.193. The van der Waals surface area contributed by atoms with E-state index in [9.17, 15) is 9.59 Å². The van der Waals surface area contributed by atoms with Gasteiger partial charge < -0.3 is 25.2 Å². The lowest BCUT2D eigenvalue weighted by Gasteiger charge is -2.40. The van der Waals surface area contributed by atoms with Gasteiger partial charge in [-0.1, -0.05) is 64.7 Å². The number of carbonyl (C=O) groups excluding carboxylic acids is 2. The summed E-state index contributed by atoms with van der Waals surface area (Å²) >= 11 is 0. The standard InChI is InChI=1S/C35H55N5O3/c1-2-3-22-39(28-13-6-4-7-14-28)33(41)19-12-23-43-31-20-21-32-27(24-31)25-38(35(36)37-32)26-34(42)40(30-17-10-11-18-30)29-15-8-5-9-16-29/h20-21,24,28-30H,2-19,22-23,25-26H2,1H3,(H2,36,37). The third-order valence-electron chi connectivity index (χ3n) is 10.2. The molecule has 0 spiro atoms. The van der Waals surface area contributed by atoms with Crippen molar-refractivity contribution in [2.24, 2.45) is 10.7 Å². The predicted octanol–water partition coefficient (Wildman–Crippen LogP) is 6.67. The zero-order chi connectivity index (χ0) is 30.0. The number of aliphatic imine (C=N–C) groups is 1. The maximum absolute atomic E-state index is 13.8. The Morgan fingerprint density at radius 3 is 2.16 bits per heavy atom. The van der Waals surface area contributed by atoms with E-state index in [2.05, 4.69) is 21.7 Å². The van der Waals surface area contributed by atoms with Crippen molar-refractivity contribution < 1.29 is 14.3 Å². The van der Waals surface area contributed by atoms with Gasteiger partial charge in [0.05, 0.1) is 12.3 Å². The number of rotatable bonds is 13. The highest BCUT2D eigenvalue weighted by molar-refractivity contribution is 5.89. The van der Waals surface area contributed by atoms with Crippen molar-refractivity contribution in [1.29, 1.82) is 0 Å². The minimum Gasteiger partial charge on any atom is -0.494 e. The van der Waals surface area contributed by atoms with Crippen molar-refractivity contribution in [3.8, 4) is 5.75 Å². The minimum absolute atomic E-state index is 0.193. The number of hydrogen-bond donors (Lipinski definition) is 1. The van der Waals surface area contributed by atoms with Crippen LogP contribution in [0.4, 0.5) is 5.69 Å². The van der Waals surface area contributed by atoms with Crippen LogP contribution < -0.4 is 10.5 Å². The number of nitrogens with zero attached hydrogens (tertiary/aromatic N) is 4. The summed E-state index contributed by atoms with van der Waals surface area (Å²) < 4.78 is 6.11. The fourth-order valence-corrected chi connectivity index (χ4v) is 7.79. The zero-order valence-corrected chi connectivity index (χ0v) is 26.6. The van der Waals surface area contributed by atoms with Crippen LogP contribution in [0.15, 0.2) is 23.2 Å². The van der Waals surface area contributed by atoms with Gasteiger partial charge in [-0.15, -0.1) is 0 Å². The first-order chi connectivity index (χ1) is 21.0. The Morgan fingerprint density at radius 2 is 1.51 bits per heavy atom. The second-order valence-electron chi connectivity index (χ2n) is 13.3. The van der Waals surface area contributed by atoms with Gasteiger partial charge in [-0.2, -0.15) is 0 Å². The molecular weight excluding hydrogens is 538 g/mol. The van der Waals surface area contributed by atoms with Crippen LogP contribution in [0.3, 0.4) is 0 Å². The van der Waals surface area contributed by atoms with Gasteiger partial charge in [0.2, 0.25) is 11.8 Å². The molecule has 0 unspecified atom stereocenters. The molecule has 0 atom stereocenters. The van der Waals surface area contributed by atoms with Crippen molar-refractivity contribution >= 4 is 23.5 Å². The van der Waals surface area contributed by atoms with E-state index in [0.29, 0.717) is 50.1 Å². The van der Waals surface area contributed by atoms with Crippen LogP contribution in [0.1, 0.15) is 128 Å². The van der Waals surface area contributed by atoms with Gasteiger partial charge in [0, 0.05) is 43.2 Å². The van der Waals surface area contributed by atoms with E-state index in [4.69, 9.17) is 10.5 Å². The second-order valence-corrected chi connectivity index (χ2v) is 13.3. The average Bonchev–Trinajstić information content (AvgIpc) is 3.55. The molecule has 0 bridgehead atoms. The van der Waals surface area contributed by atoms with Crippen LogP contribution in [0.2, 0.25) is 0 Å². The van der Waals surface area contributed by atoms with Crippen LogP contribution in [-0.4, -0.2) is 70.3 Å². The molecule has 238 valence electrons. The monoisotopic (exact) mass is 593 g/mol. The van der Waals surface area contributed by atoms with Crippen molar-refractivity contribution in [3.63, 3.8) is 0 Å². The first-order valence-electron chi connectivity index (χ1n) is 17.5. The lowest BCUT2D eigenvalue weighted by molar-refractivity contribution is -0.137. The largest absolute Gasteiger partial charge is 0.494 e. The van der Waals surface area contributed by atoms with Crippen molar-refractivity contribution in [3.05, 3.63) is 23.8 Å². The number of unbranched alkanes of at least 4 members (excludes halogenated alkanes) is 1. The molecule has 0 aromatic heterocycles. The Kier molecular flexibility index (Phi) is 11.6. The summed E-state index contributed by atoms with van der Waals surface area (Å²) in [5.41, 5.74) is 8.24. The summed E-state index contributed by atoms with van der Waals surface area (Å²) in [7, 11) is 0. The molecule has 5 rings (SSSR count). The highest BCUT2D eigenvalue weighted by Crippen LogP contribution is 2.33. The summed E-state index contributed by atoms with van der Waals surface area (Å²) in [6.07, 6.45) is 20.1. The molecule has 4 aliphatic rings. The Balaban J connectivity index is 1.14. The third-order valence-corrected chi connectivity index (χ3v) is 10.2. The fraction of sp³-hybridized carbons (Fsp3) is 0.743. The molecular formula is C35H55N5O3. The molecule has 3 fully saturated rings. The number of carbonyl (C=O) groups is 2. The smallest absolute Gasteiger partial charge is 0.242 e. The molecule has 1 aromatic carbocycles. The Bertz CT molecular complexity index is 1090. The number of guanidine groups is 1. The summed E-state index contributed by atoms with van der Waals surface area (Å²) in [5.74, 6) is 1.66. The summed E-state index contributed by atoms with van der Waals surface area (Å²) in [4.78, 5) is 37.9. The summed E-state index contributed by atoms with van der Waals surface area (Å²) in [5, 5.41) is 0. The Labute approximate surface area is 259 Å². The highest BCUT2D eigenvalue weighted by Gasteiger charge is 2.34. The van der Waals surface area contributed by atoms with Gasteiger partial charge in [0.1, 0.15) is 12.3 Å². The highest BCUT2D eigenvalue weighted by atomic mass is 16.5. The van der Waals surface area contributed by atoms with E-state index in [1.165, 1.54) is 51.4 Å². The molecule has 0 radical (unpaired) electrons. The van der Waals surface area contributed by atoms with Gasteiger partial charge in [-0.05, 0) is 69.6 Å². The average molecular weight is 594 g/mol. The van der Waals surface area contributed by atoms with E-state index < -0.39 is 0 Å². The molecule has 8 nitrogen and oxygen atoms in total. The Hall–Kier alpha value is -2.77. The van der Waals surface area contributed by atoms with Gasteiger partial charge in [0.15, 0.2) is 5.96 Å². The van der Waals surface area contributed by atoms with E-state index in [1.54, 1.807) is 0 Å². The van der Waals surface area contributed by atoms with Crippen molar-refractivity contribution in [2.45, 2.75) is 147 Å². The SMILES string of the molecule is CCCCN(C(=O)CCCOc1ccc2c(c1)CN(CC(=O)N(C1CCCCC1)C1CCCC1)C(N)=N2)C1CCCCC1. The number of ether oxygens (including phenoxy) is 1. The molecule has 1 heterocycles. The van der Waals surface area contributed by atoms with Crippen LogP contribution in [0.25, 0.3) is 0 Å². The summed E-state index contributed by atoms with van der Waals surface area (Å²) in [6, 6.07) is 7.07. The quantitative estimate of drug-likeness (QED) is 0.258. The predicted molar refractivity (Wildman–Crippen MR) is 172 cm³/mol. The van der Waals surface area contributed by atoms with E-state index in [0.717, 1.165) is 74.9 Å². The van der Waals surface area contributed by atoms with E-state index in [-0.39, 0.29) is 18.4 Å². The molecule has 2 N–H and O–H groups in total. The molecule has 2 amide bonds. The van der Waals surface area contributed by atoms with E-state index >= 15 is 0 Å². The molecule has 3 aliphatic carbocycles. The lowest BCUT2D eigenvalue weighted by atomic mass is 9.92. The molecule has 3 saturated carbocycles. The van der Waals surface area contributed by atoms with Gasteiger partial charge >= 0.3 is 0 Å². The first kappa shape index (κ1) is 31.6. The number of amides is 2. The van der Waals surface area contributed by atoms with Crippen LogP contribution >= 0.6 is 0 Å². The third kappa shape index (κ3) is 8.45. The topological polar surface area (TPSA) is 91.5 Å². The van der Waals surface area contributed by atoms with Crippen molar-refractivity contribution in [2.75, 3.05) is 19.7 Å². The van der Waals surface area contributed by atoms with Crippen LogP contribution in [0.5, 0.6) is 5.75 Å². The van der Waals surface area contributed by atoms with Crippen molar-refractivity contribution in [1.82, 2.24) is 14.7 Å². The maximum Gasteiger partial charge on any atom is 0.242 e. The van der Waals surface area contributed by atoms with Crippen LogP contribution in [0, 0.1) is 0 Å². The molecule has 1 aromatic rings. The number of benzene rings is 1. The van der Waals surface area contributed by atoms with Crippen LogP contribution in [-0.2, 0) is 16.1 Å². The first-order valence-corrected chi connectivity index (χ1v) is 17.5. The normalized spacial score (nSPS) is 20.0. The zero-order valence-electron chi connectivity index (χ0n) is 26.6. The van der Waals surface area contributed by atoms with Gasteiger partial charge in [0.25, 0.3) is 0 Å². The summed E-state index contributed by atoms with van der Waals surface area (Å²) in [6.45, 7) is 4.39. The number of hydrogen-bond acceptors (Lipinski definition) is 6. The maximum atomic E-state index is 13.8. The van der Waals surface area contributed by atoms with Gasteiger partial charge in [-0.25, -0.2) is 4.99 Å². The molecule has 43 heavy (non-hydrogen) atoms. The van der Waals surface area contributed by atoms with Gasteiger partial charge in [-0.3, -0.25) is 9.59 Å². The molecule has 8 heteroatoms.